The van der Waals surface area contributed by atoms with Crippen molar-refractivity contribution < 1.29 is 18.7 Å². The molecule has 7 nitrogen and oxygen atoms in total. The zero-order valence-corrected chi connectivity index (χ0v) is 24.2. The highest BCUT2D eigenvalue weighted by Crippen LogP contribution is 2.54. The summed E-state index contributed by atoms with van der Waals surface area (Å²) in [6.07, 6.45) is 1.06. The molecule has 0 fully saturated rings. The van der Waals surface area contributed by atoms with E-state index < -0.39 is 11.4 Å². The molecule has 0 spiro atoms. The maximum atomic E-state index is 13.9. The maximum absolute atomic E-state index is 13.9. The molecule has 0 saturated carbocycles. The first-order valence-electron chi connectivity index (χ1n) is 13.9. The summed E-state index contributed by atoms with van der Waals surface area (Å²) in [7, 11) is 0. The molecule has 7 rings (SSSR count). The number of benzene rings is 4. The smallest absolute Gasteiger partial charge is 0.324 e. The monoisotopic (exact) mass is 595 g/mol. The van der Waals surface area contributed by atoms with Crippen molar-refractivity contribution in [3.05, 3.63) is 95.6 Å². The normalized spacial score (nSPS) is 15.2. The molecule has 0 bridgehead atoms. The number of para-hydroxylation sites is 2. The molecule has 0 radical (unpaired) electrons. The number of phenols is 1. The first-order chi connectivity index (χ1) is 20.7. The van der Waals surface area contributed by atoms with Crippen molar-refractivity contribution in [1.82, 2.24) is 10.3 Å². The Kier molecular flexibility index (Phi) is 6.39. The van der Waals surface area contributed by atoms with Gasteiger partial charge in [-0.3, -0.25) is 5.32 Å². The van der Waals surface area contributed by atoms with E-state index >= 15 is 0 Å². The number of nitrogens with one attached hydrogen (secondary N) is 2. The van der Waals surface area contributed by atoms with Crippen LogP contribution in [0.4, 0.5) is 36.3 Å². The van der Waals surface area contributed by atoms with Gasteiger partial charge in [-0.25, -0.2) is 23.6 Å². The third-order valence-corrected chi connectivity index (χ3v) is 8.94. The van der Waals surface area contributed by atoms with Crippen molar-refractivity contribution in [3.8, 4) is 16.3 Å². The summed E-state index contributed by atoms with van der Waals surface area (Å²) in [5.74, 6) is -0.0298. The number of rotatable bonds is 3. The van der Waals surface area contributed by atoms with Crippen LogP contribution in [-0.4, -0.2) is 28.5 Å². The zero-order valence-electron chi connectivity index (χ0n) is 23.4. The lowest BCUT2D eigenvalue weighted by molar-refractivity contribution is 0.256. The molecule has 0 saturated heterocycles. The molecule has 4 aromatic carbocycles. The van der Waals surface area contributed by atoms with E-state index in [0.717, 1.165) is 32.1 Å². The van der Waals surface area contributed by atoms with Crippen LogP contribution in [0.2, 0.25) is 0 Å². The van der Waals surface area contributed by atoms with Crippen LogP contribution in [-0.2, 0) is 11.8 Å². The Balaban J connectivity index is 1.22. The van der Waals surface area contributed by atoms with Gasteiger partial charge in [0.25, 0.3) is 0 Å². The van der Waals surface area contributed by atoms with Gasteiger partial charge in [-0.05, 0) is 72.1 Å². The predicted molar refractivity (Wildman–Crippen MR) is 167 cm³/mol. The van der Waals surface area contributed by atoms with Gasteiger partial charge < -0.3 is 15.3 Å². The number of hydrogen-bond acceptors (Lipinski definition) is 6. The summed E-state index contributed by atoms with van der Waals surface area (Å²) in [5, 5.41) is 17.7. The number of anilines is 3. The maximum Gasteiger partial charge on any atom is 0.324 e. The molecular weight excluding hydrogens is 568 g/mol. The third kappa shape index (κ3) is 4.87. The van der Waals surface area contributed by atoms with Crippen LogP contribution in [0.15, 0.2) is 77.8 Å². The number of nitrogens with zero attached hydrogens (tertiary/aromatic N) is 3. The Bertz CT molecular complexity index is 1970. The quantitative estimate of drug-likeness (QED) is 0.196. The van der Waals surface area contributed by atoms with Gasteiger partial charge in [0.2, 0.25) is 0 Å². The molecule has 2 aliphatic heterocycles. The standard InChI is InChI=1S/C33H27F2N5O2S/c1-33(2)17-40(30-26(41)12-10-21(29(30)33)31-37-24-16-20(35)9-13-27(24)43-31)25-6-4-3-5-23(25)38-32(42)39-28-14-7-18-15-19(34)8-11-22(18)36-28/h3-6,8-13,15-16,41H,7,14,17H2,1-2H3,(H2,36,38,39,42). The SMILES string of the molecule is CC1(C)CN(c2ccccc2NC(=O)NC2=Nc3ccc(F)cc3CC2)c2c(O)ccc(-c3nc4cc(F)ccc4s3)c21. The van der Waals surface area contributed by atoms with E-state index in [1.54, 1.807) is 18.2 Å². The molecule has 10 heteroatoms. The van der Waals surface area contributed by atoms with Crippen molar-refractivity contribution in [1.29, 1.82) is 0 Å². The second-order valence-electron chi connectivity index (χ2n) is 11.4. The number of fused-ring (bicyclic) bond motifs is 3. The van der Waals surface area contributed by atoms with Gasteiger partial charge in [0, 0.05) is 30.0 Å². The van der Waals surface area contributed by atoms with Gasteiger partial charge in [-0.2, -0.15) is 0 Å². The molecule has 3 heterocycles. The molecule has 1 aromatic heterocycles. The number of carbonyl (C=O) groups excluding carboxylic acids is 1. The number of aromatic nitrogens is 1. The second kappa shape index (κ2) is 10.2. The van der Waals surface area contributed by atoms with Crippen LogP contribution in [0.3, 0.4) is 0 Å². The molecule has 0 aliphatic carbocycles. The fraction of sp³-hybridized carbons (Fsp3) is 0.182. The third-order valence-electron chi connectivity index (χ3n) is 7.87. The number of carbonyl (C=O) groups is 1. The Morgan fingerprint density at radius 1 is 0.977 bits per heavy atom. The van der Waals surface area contributed by atoms with Crippen molar-refractivity contribution >= 4 is 56.2 Å². The fourth-order valence-electron chi connectivity index (χ4n) is 6.00. The summed E-state index contributed by atoms with van der Waals surface area (Å²) >= 11 is 1.48. The number of halogens is 2. The lowest BCUT2D eigenvalue weighted by Gasteiger charge is -2.25. The van der Waals surface area contributed by atoms with Gasteiger partial charge in [0.15, 0.2) is 0 Å². The minimum absolute atomic E-state index is 0.113. The molecule has 216 valence electrons. The number of hydrogen-bond donors (Lipinski definition) is 3. The predicted octanol–water partition coefficient (Wildman–Crippen LogP) is 8.17. The van der Waals surface area contributed by atoms with Crippen molar-refractivity contribution in [2.75, 3.05) is 16.8 Å². The van der Waals surface area contributed by atoms with E-state index in [1.807, 2.05) is 35.2 Å². The minimum atomic E-state index is -0.449. The number of aryl methyl sites for hydroxylation is 1. The number of phenolic OH excluding ortho intramolecular Hbond substituents is 1. The number of thiazole rings is 1. The first-order valence-corrected chi connectivity index (χ1v) is 14.7. The summed E-state index contributed by atoms with van der Waals surface area (Å²) in [4.78, 5) is 24.4. The minimum Gasteiger partial charge on any atom is -0.506 e. The van der Waals surface area contributed by atoms with Crippen LogP contribution in [0.1, 0.15) is 31.4 Å². The summed E-state index contributed by atoms with van der Waals surface area (Å²) in [5.41, 5.74) is 5.37. The first kappa shape index (κ1) is 27.0. The van der Waals surface area contributed by atoms with Gasteiger partial charge >= 0.3 is 6.03 Å². The van der Waals surface area contributed by atoms with Crippen LogP contribution in [0.25, 0.3) is 20.8 Å². The zero-order chi connectivity index (χ0) is 29.9. The van der Waals surface area contributed by atoms with Crippen LogP contribution in [0.5, 0.6) is 5.75 Å². The number of urea groups is 1. The number of aromatic hydroxyl groups is 1. The highest BCUT2D eigenvalue weighted by molar-refractivity contribution is 7.21. The van der Waals surface area contributed by atoms with E-state index in [4.69, 9.17) is 4.98 Å². The molecule has 43 heavy (non-hydrogen) atoms. The van der Waals surface area contributed by atoms with Crippen LogP contribution >= 0.6 is 11.3 Å². The molecule has 2 amide bonds. The van der Waals surface area contributed by atoms with Crippen LogP contribution in [0, 0.1) is 11.6 Å². The molecule has 0 atom stereocenters. The largest absolute Gasteiger partial charge is 0.506 e. The van der Waals surface area contributed by atoms with Crippen LogP contribution < -0.4 is 15.5 Å². The summed E-state index contributed by atoms with van der Waals surface area (Å²) in [6, 6.07) is 19.5. The lowest BCUT2D eigenvalue weighted by Crippen LogP contribution is -2.36. The molecule has 5 aromatic rings. The molecule has 3 N–H and O–H groups in total. The molecule has 2 aliphatic rings. The van der Waals surface area contributed by atoms with Crippen molar-refractivity contribution in [2.45, 2.75) is 32.1 Å². The average Bonchev–Trinajstić information content (AvgIpc) is 3.52. The Morgan fingerprint density at radius 3 is 2.63 bits per heavy atom. The second-order valence-corrected chi connectivity index (χ2v) is 12.4. The van der Waals surface area contributed by atoms with Gasteiger partial charge in [-0.1, -0.05) is 26.0 Å². The highest BCUT2D eigenvalue weighted by atomic mass is 32.1. The average molecular weight is 596 g/mol. The van der Waals surface area contributed by atoms with E-state index in [0.29, 0.717) is 47.8 Å². The summed E-state index contributed by atoms with van der Waals surface area (Å²) < 4.78 is 28.3. The lowest BCUT2D eigenvalue weighted by atomic mass is 9.83. The summed E-state index contributed by atoms with van der Waals surface area (Å²) in [6.45, 7) is 4.75. The van der Waals surface area contributed by atoms with Gasteiger partial charge in [0.05, 0.1) is 33.0 Å². The highest BCUT2D eigenvalue weighted by Gasteiger charge is 2.41. The van der Waals surface area contributed by atoms with E-state index in [9.17, 15) is 18.7 Å². The number of amidine groups is 1. The van der Waals surface area contributed by atoms with E-state index in [2.05, 4.69) is 29.5 Å². The number of amides is 2. The Labute approximate surface area is 250 Å². The van der Waals surface area contributed by atoms with E-state index in [1.165, 1.54) is 35.6 Å². The Hall–Kier alpha value is -4.83. The van der Waals surface area contributed by atoms with Gasteiger partial charge in [0.1, 0.15) is 28.2 Å². The van der Waals surface area contributed by atoms with Crippen molar-refractivity contribution in [3.63, 3.8) is 0 Å². The van der Waals surface area contributed by atoms with Gasteiger partial charge in [-0.15, -0.1) is 11.3 Å². The van der Waals surface area contributed by atoms with Crippen molar-refractivity contribution in [2.24, 2.45) is 4.99 Å². The fourth-order valence-corrected chi connectivity index (χ4v) is 6.98. The number of aliphatic imine (C=N–C) groups is 1. The molecular formula is C33H27F2N5O2S. The topological polar surface area (TPSA) is 89.9 Å². The Morgan fingerprint density at radius 2 is 1.77 bits per heavy atom. The van der Waals surface area contributed by atoms with E-state index in [-0.39, 0.29) is 17.4 Å². The molecule has 0 unspecified atom stereocenters.